The number of benzene rings is 1. The van der Waals surface area contributed by atoms with Gasteiger partial charge in [-0.15, -0.1) is 0 Å². The SMILES string of the molecule is Fc1c[c]cc(F)c1CN1CCOCC1. The summed E-state index contributed by atoms with van der Waals surface area (Å²) in [5.74, 6) is -1.05. The van der Waals surface area contributed by atoms with Crippen molar-refractivity contribution in [1.29, 1.82) is 0 Å². The Morgan fingerprint density at radius 1 is 1.20 bits per heavy atom. The number of hydrogen-bond acceptors (Lipinski definition) is 2. The van der Waals surface area contributed by atoms with Gasteiger partial charge in [-0.05, 0) is 18.2 Å². The average molecular weight is 212 g/mol. The van der Waals surface area contributed by atoms with Gasteiger partial charge in [-0.2, -0.15) is 0 Å². The Balaban J connectivity index is 2.09. The molecule has 1 aromatic carbocycles. The number of rotatable bonds is 2. The molecule has 4 heteroatoms. The van der Waals surface area contributed by atoms with E-state index in [1.807, 2.05) is 4.90 Å². The van der Waals surface area contributed by atoms with Gasteiger partial charge in [0.25, 0.3) is 0 Å². The van der Waals surface area contributed by atoms with E-state index in [0.29, 0.717) is 19.8 Å². The minimum Gasteiger partial charge on any atom is -0.379 e. The van der Waals surface area contributed by atoms with Gasteiger partial charge in [0.05, 0.1) is 13.2 Å². The van der Waals surface area contributed by atoms with Crippen LogP contribution in [0.4, 0.5) is 8.78 Å². The molecular weight excluding hydrogens is 200 g/mol. The number of nitrogens with zero attached hydrogens (tertiary/aromatic N) is 1. The fourth-order valence-electron chi connectivity index (χ4n) is 1.61. The Morgan fingerprint density at radius 2 is 1.80 bits per heavy atom. The van der Waals surface area contributed by atoms with Gasteiger partial charge in [-0.3, -0.25) is 4.90 Å². The molecule has 1 fully saturated rings. The Labute approximate surface area is 87.5 Å². The van der Waals surface area contributed by atoms with Crippen molar-refractivity contribution in [2.75, 3.05) is 26.3 Å². The normalized spacial score (nSPS) is 18.0. The molecule has 0 unspecified atom stereocenters. The van der Waals surface area contributed by atoms with E-state index >= 15 is 0 Å². The van der Waals surface area contributed by atoms with E-state index in [2.05, 4.69) is 6.07 Å². The molecule has 0 saturated carbocycles. The molecular formula is C11H12F2NO. The van der Waals surface area contributed by atoms with Gasteiger partial charge in [-0.25, -0.2) is 8.78 Å². The maximum Gasteiger partial charge on any atom is 0.131 e. The van der Waals surface area contributed by atoms with Crippen LogP contribution in [-0.2, 0) is 11.3 Å². The minimum absolute atomic E-state index is 0.121. The fraction of sp³-hybridized carbons (Fsp3) is 0.455. The lowest BCUT2D eigenvalue weighted by atomic mass is 10.2. The van der Waals surface area contributed by atoms with Crippen molar-refractivity contribution in [3.05, 3.63) is 35.4 Å². The van der Waals surface area contributed by atoms with Crippen molar-refractivity contribution in [3.8, 4) is 0 Å². The predicted octanol–water partition coefficient (Wildman–Crippen LogP) is 1.60. The zero-order chi connectivity index (χ0) is 10.7. The second-order valence-electron chi connectivity index (χ2n) is 3.52. The summed E-state index contributed by atoms with van der Waals surface area (Å²) >= 11 is 0. The van der Waals surface area contributed by atoms with Crippen LogP contribution >= 0.6 is 0 Å². The van der Waals surface area contributed by atoms with Gasteiger partial charge in [0.2, 0.25) is 0 Å². The van der Waals surface area contributed by atoms with E-state index in [9.17, 15) is 8.78 Å². The zero-order valence-electron chi connectivity index (χ0n) is 8.30. The Kier molecular flexibility index (Phi) is 3.28. The summed E-state index contributed by atoms with van der Waals surface area (Å²) in [7, 11) is 0. The third-order valence-corrected chi connectivity index (χ3v) is 2.48. The van der Waals surface area contributed by atoms with Crippen LogP contribution in [0.1, 0.15) is 5.56 Å². The van der Waals surface area contributed by atoms with Crippen LogP contribution in [0.15, 0.2) is 12.1 Å². The second kappa shape index (κ2) is 4.68. The molecule has 0 atom stereocenters. The summed E-state index contributed by atoms with van der Waals surface area (Å²) < 4.78 is 31.7. The summed E-state index contributed by atoms with van der Waals surface area (Å²) in [5, 5.41) is 0. The van der Waals surface area contributed by atoms with Crippen molar-refractivity contribution in [2.24, 2.45) is 0 Å². The first kappa shape index (κ1) is 10.5. The molecule has 0 spiro atoms. The number of ether oxygens (including phenoxy) is 1. The lowest BCUT2D eigenvalue weighted by Gasteiger charge is -2.26. The van der Waals surface area contributed by atoms with Crippen LogP contribution in [0.2, 0.25) is 0 Å². The van der Waals surface area contributed by atoms with Crippen molar-refractivity contribution in [1.82, 2.24) is 4.90 Å². The van der Waals surface area contributed by atoms with Crippen LogP contribution in [0.5, 0.6) is 0 Å². The van der Waals surface area contributed by atoms with Gasteiger partial charge in [0.15, 0.2) is 0 Å². The average Bonchev–Trinajstić information content (AvgIpc) is 2.25. The molecule has 1 aliphatic heterocycles. The highest BCUT2D eigenvalue weighted by molar-refractivity contribution is 5.18. The minimum atomic E-state index is -0.526. The molecule has 15 heavy (non-hydrogen) atoms. The molecule has 1 radical (unpaired) electrons. The first-order valence-electron chi connectivity index (χ1n) is 4.91. The van der Waals surface area contributed by atoms with E-state index < -0.39 is 11.6 Å². The maximum absolute atomic E-state index is 13.3. The Morgan fingerprint density at radius 3 is 2.40 bits per heavy atom. The highest BCUT2D eigenvalue weighted by atomic mass is 19.1. The molecule has 81 valence electrons. The van der Waals surface area contributed by atoms with Gasteiger partial charge >= 0.3 is 0 Å². The highest BCUT2D eigenvalue weighted by Gasteiger charge is 2.15. The second-order valence-corrected chi connectivity index (χ2v) is 3.52. The molecule has 0 amide bonds. The van der Waals surface area contributed by atoms with E-state index in [4.69, 9.17) is 4.74 Å². The summed E-state index contributed by atoms with van der Waals surface area (Å²) in [4.78, 5) is 1.98. The molecule has 0 aliphatic carbocycles. The molecule has 2 rings (SSSR count). The third-order valence-electron chi connectivity index (χ3n) is 2.48. The van der Waals surface area contributed by atoms with Crippen molar-refractivity contribution in [3.63, 3.8) is 0 Å². The predicted molar refractivity (Wildman–Crippen MR) is 51.3 cm³/mol. The van der Waals surface area contributed by atoms with E-state index in [0.717, 1.165) is 13.1 Å². The maximum atomic E-state index is 13.3. The van der Waals surface area contributed by atoms with Gasteiger partial charge in [-0.1, -0.05) is 0 Å². The Bertz CT molecular complexity index is 317. The van der Waals surface area contributed by atoms with E-state index in [1.54, 1.807) is 0 Å². The molecule has 1 aromatic rings. The monoisotopic (exact) mass is 212 g/mol. The van der Waals surface area contributed by atoms with Gasteiger partial charge in [0, 0.05) is 25.2 Å². The van der Waals surface area contributed by atoms with Crippen LogP contribution in [0, 0.1) is 17.7 Å². The lowest BCUT2D eigenvalue weighted by Crippen LogP contribution is -2.36. The van der Waals surface area contributed by atoms with E-state index in [1.165, 1.54) is 12.1 Å². The molecule has 0 N–H and O–H groups in total. The van der Waals surface area contributed by atoms with Crippen molar-refractivity contribution in [2.45, 2.75) is 6.54 Å². The summed E-state index contributed by atoms with van der Waals surface area (Å²) in [5.41, 5.74) is 0.121. The number of morpholine rings is 1. The molecule has 2 nitrogen and oxygen atoms in total. The number of halogens is 2. The molecule has 1 aliphatic rings. The smallest absolute Gasteiger partial charge is 0.131 e. The first-order chi connectivity index (χ1) is 7.27. The van der Waals surface area contributed by atoms with Crippen molar-refractivity contribution < 1.29 is 13.5 Å². The standard InChI is InChI=1S/C11H12F2NO/c12-10-2-1-3-11(13)9(10)8-14-4-6-15-7-5-14/h2-3H,4-8H2. The Hall–Kier alpha value is -1.00. The third kappa shape index (κ3) is 2.52. The van der Waals surface area contributed by atoms with Crippen LogP contribution in [0.25, 0.3) is 0 Å². The van der Waals surface area contributed by atoms with Crippen LogP contribution < -0.4 is 0 Å². The highest BCUT2D eigenvalue weighted by Crippen LogP contribution is 2.14. The zero-order valence-corrected chi connectivity index (χ0v) is 8.30. The van der Waals surface area contributed by atoms with Gasteiger partial charge in [0.1, 0.15) is 11.6 Å². The van der Waals surface area contributed by atoms with Gasteiger partial charge < -0.3 is 4.74 Å². The largest absolute Gasteiger partial charge is 0.379 e. The molecule has 0 bridgehead atoms. The van der Waals surface area contributed by atoms with Crippen molar-refractivity contribution >= 4 is 0 Å². The fourth-order valence-corrected chi connectivity index (χ4v) is 1.61. The quantitative estimate of drug-likeness (QED) is 0.738. The molecule has 1 heterocycles. The summed E-state index contributed by atoms with van der Waals surface area (Å²) in [6.07, 6.45) is 0. The molecule has 0 aromatic heterocycles. The van der Waals surface area contributed by atoms with E-state index in [-0.39, 0.29) is 5.56 Å². The topological polar surface area (TPSA) is 12.5 Å². The van der Waals surface area contributed by atoms with Crippen LogP contribution in [-0.4, -0.2) is 31.2 Å². The summed E-state index contributed by atoms with van der Waals surface area (Å²) in [6.45, 7) is 3.00. The summed E-state index contributed by atoms with van der Waals surface area (Å²) in [6, 6.07) is 4.74. The first-order valence-corrected chi connectivity index (χ1v) is 4.91. The number of hydrogen-bond donors (Lipinski definition) is 0. The lowest BCUT2D eigenvalue weighted by molar-refractivity contribution is 0.0332. The van der Waals surface area contributed by atoms with Crippen LogP contribution in [0.3, 0.4) is 0 Å². The molecule has 1 saturated heterocycles.